The van der Waals surface area contributed by atoms with Crippen LogP contribution in [0.1, 0.15) is 5.56 Å². The Hall–Kier alpha value is -0.970. The van der Waals surface area contributed by atoms with Crippen LogP contribution in [0.15, 0.2) is 24.5 Å². The maximum atomic E-state index is 5.86. The van der Waals surface area contributed by atoms with Gasteiger partial charge in [0.2, 0.25) is 0 Å². The number of ether oxygens (including phenoxy) is 1. The number of morpholine rings is 1. The summed E-state index contributed by atoms with van der Waals surface area (Å²) in [5.41, 5.74) is 1.37. The Labute approximate surface area is 109 Å². The number of pyridine rings is 1. The highest BCUT2D eigenvalue weighted by Crippen LogP contribution is 2.21. The Morgan fingerprint density at radius 1 is 1.33 bits per heavy atom. The van der Waals surface area contributed by atoms with E-state index in [1.165, 1.54) is 5.56 Å². The largest absolute Gasteiger partial charge is 0.374 e. The lowest BCUT2D eigenvalue weighted by Crippen LogP contribution is -2.48. The number of likely N-dealkylation sites (tertiary alicyclic amines) is 1. The van der Waals surface area contributed by atoms with Gasteiger partial charge in [0.05, 0.1) is 12.7 Å². The molecule has 2 fully saturated rings. The van der Waals surface area contributed by atoms with Crippen molar-refractivity contribution in [3.05, 3.63) is 30.1 Å². The van der Waals surface area contributed by atoms with Gasteiger partial charge in [-0.2, -0.15) is 0 Å². The Bertz CT molecular complexity index is 384. The van der Waals surface area contributed by atoms with E-state index in [0.29, 0.717) is 12.1 Å². The maximum Gasteiger partial charge on any atom is 0.0869 e. The molecule has 0 saturated carbocycles. The molecule has 2 aliphatic rings. The van der Waals surface area contributed by atoms with E-state index in [1.807, 2.05) is 12.4 Å². The standard InChI is InChI=1S/C14H21N3O/c1-16-8-9-18-14-11-17(10-13(14)16)7-4-12-2-5-15-6-3-12/h2-3,5-6,13-14H,4,7-11H2,1H3/t13-,14+/m1/s1. The first-order chi connectivity index (χ1) is 8.83. The number of nitrogens with zero attached hydrogens (tertiary/aromatic N) is 3. The van der Waals surface area contributed by atoms with Crippen LogP contribution in [0.3, 0.4) is 0 Å². The lowest BCUT2D eigenvalue weighted by molar-refractivity contribution is -0.0369. The molecule has 18 heavy (non-hydrogen) atoms. The summed E-state index contributed by atoms with van der Waals surface area (Å²) in [5, 5.41) is 0. The number of hydrogen-bond donors (Lipinski definition) is 0. The van der Waals surface area contributed by atoms with Gasteiger partial charge in [-0.25, -0.2) is 0 Å². The molecule has 3 heterocycles. The molecule has 2 saturated heterocycles. The predicted octanol–water partition coefficient (Wildman–Crippen LogP) is 0.639. The van der Waals surface area contributed by atoms with E-state index in [4.69, 9.17) is 4.74 Å². The van der Waals surface area contributed by atoms with Crippen molar-refractivity contribution < 1.29 is 4.74 Å². The van der Waals surface area contributed by atoms with Crippen LogP contribution < -0.4 is 0 Å². The van der Waals surface area contributed by atoms with Crippen LogP contribution in [0.5, 0.6) is 0 Å². The fourth-order valence-electron chi connectivity index (χ4n) is 2.95. The third kappa shape index (κ3) is 2.55. The van der Waals surface area contributed by atoms with Crippen LogP contribution in [-0.4, -0.2) is 66.8 Å². The molecule has 0 amide bonds. The van der Waals surface area contributed by atoms with Gasteiger partial charge in [-0.05, 0) is 31.2 Å². The Balaban J connectivity index is 1.53. The van der Waals surface area contributed by atoms with E-state index >= 15 is 0 Å². The zero-order chi connectivity index (χ0) is 12.4. The predicted molar refractivity (Wildman–Crippen MR) is 70.5 cm³/mol. The van der Waals surface area contributed by atoms with Gasteiger partial charge in [0, 0.05) is 44.6 Å². The van der Waals surface area contributed by atoms with Crippen LogP contribution >= 0.6 is 0 Å². The van der Waals surface area contributed by atoms with Gasteiger partial charge >= 0.3 is 0 Å². The maximum absolute atomic E-state index is 5.86. The molecule has 1 aromatic rings. The minimum absolute atomic E-state index is 0.418. The molecule has 4 heteroatoms. The van der Waals surface area contributed by atoms with Crippen molar-refractivity contribution >= 4 is 0 Å². The van der Waals surface area contributed by atoms with Gasteiger partial charge in [-0.3, -0.25) is 14.8 Å². The molecule has 4 nitrogen and oxygen atoms in total. The van der Waals surface area contributed by atoms with Crippen LogP contribution in [0.4, 0.5) is 0 Å². The second-order valence-corrected chi connectivity index (χ2v) is 5.32. The zero-order valence-electron chi connectivity index (χ0n) is 11.0. The van der Waals surface area contributed by atoms with Crippen molar-refractivity contribution in [2.24, 2.45) is 0 Å². The molecule has 0 aromatic carbocycles. The fourth-order valence-corrected chi connectivity index (χ4v) is 2.95. The van der Waals surface area contributed by atoms with Crippen molar-refractivity contribution in [2.45, 2.75) is 18.6 Å². The molecule has 0 spiro atoms. The van der Waals surface area contributed by atoms with Crippen LogP contribution in [0.25, 0.3) is 0 Å². The summed E-state index contributed by atoms with van der Waals surface area (Å²) in [6.07, 6.45) is 5.26. The van der Waals surface area contributed by atoms with E-state index in [2.05, 4.69) is 34.0 Å². The Morgan fingerprint density at radius 2 is 2.17 bits per heavy atom. The summed E-state index contributed by atoms with van der Waals surface area (Å²) in [6, 6.07) is 4.80. The highest BCUT2D eigenvalue weighted by molar-refractivity contribution is 5.10. The van der Waals surface area contributed by atoms with Gasteiger partial charge in [-0.15, -0.1) is 0 Å². The van der Waals surface area contributed by atoms with Gasteiger partial charge in [0.1, 0.15) is 0 Å². The first-order valence-corrected chi connectivity index (χ1v) is 6.76. The Kier molecular flexibility index (Phi) is 3.59. The molecule has 98 valence electrons. The van der Waals surface area contributed by atoms with E-state index in [9.17, 15) is 0 Å². The fraction of sp³-hybridized carbons (Fsp3) is 0.643. The van der Waals surface area contributed by atoms with Crippen molar-refractivity contribution in [3.63, 3.8) is 0 Å². The zero-order valence-corrected chi connectivity index (χ0v) is 11.0. The Morgan fingerprint density at radius 3 is 2.94 bits per heavy atom. The topological polar surface area (TPSA) is 28.6 Å². The third-order valence-corrected chi connectivity index (χ3v) is 4.12. The van der Waals surface area contributed by atoms with Crippen molar-refractivity contribution in [1.82, 2.24) is 14.8 Å². The summed E-state index contributed by atoms with van der Waals surface area (Å²) in [6.45, 7) is 5.30. The van der Waals surface area contributed by atoms with E-state index < -0.39 is 0 Å². The summed E-state index contributed by atoms with van der Waals surface area (Å²) in [5.74, 6) is 0. The monoisotopic (exact) mass is 247 g/mol. The van der Waals surface area contributed by atoms with Gasteiger partial charge in [0.15, 0.2) is 0 Å². The van der Waals surface area contributed by atoms with Crippen LogP contribution in [0.2, 0.25) is 0 Å². The van der Waals surface area contributed by atoms with Gasteiger partial charge in [-0.1, -0.05) is 0 Å². The first-order valence-electron chi connectivity index (χ1n) is 6.76. The number of likely N-dealkylation sites (N-methyl/N-ethyl adjacent to an activating group) is 1. The van der Waals surface area contributed by atoms with Crippen molar-refractivity contribution in [1.29, 1.82) is 0 Å². The second kappa shape index (κ2) is 5.34. The minimum atomic E-state index is 0.418. The van der Waals surface area contributed by atoms with Gasteiger partial charge < -0.3 is 4.74 Å². The normalized spacial score (nSPS) is 29.4. The molecule has 3 rings (SSSR count). The third-order valence-electron chi connectivity index (χ3n) is 4.12. The van der Waals surface area contributed by atoms with E-state index in [0.717, 1.165) is 39.2 Å². The highest BCUT2D eigenvalue weighted by Gasteiger charge is 2.38. The number of rotatable bonds is 3. The molecule has 1 aromatic heterocycles. The molecule has 0 N–H and O–H groups in total. The second-order valence-electron chi connectivity index (χ2n) is 5.32. The first kappa shape index (κ1) is 12.1. The lowest BCUT2D eigenvalue weighted by Gasteiger charge is -2.33. The summed E-state index contributed by atoms with van der Waals surface area (Å²) >= 11 is 0. The molecule has 0 bridgehead atoms. The molecule has 0 unspecified atom stereocenters. The van der Waals surface area contributed by atoms with Crippen molar-refractivity contribution in [2.75, 3.05) is 39.8 Å². The van der Waals surface area contributed by atoms with Crippen molar-refractivity contribution in [3.8, 4) is 0 Å². The molecule has 0 aliphatic carbocycles. The minimum Gasteiger partial charge on any atom is -0.374 e. The highest BCUT2D eigenvalue weighted by atomic mass is 16.5. The summed E-state index contributed by atoms with van der Waals surface area (Å²) < 4.78 is 5.86. The molecular formula is C14H21N3O. The smallest absolute Gasteiger partial charge is 0.0869 e. The molecule has 0 radical (unpaired) electrons. The average molecular weight is 247 g/mol. The summed E-state index contributed by atoms with van der Waals surface area (Å²) in [4.78, 5) is 9.02. The average Bonchev–Trinajstić information content (AvgIpc) is 2.82. The molecular weight excluding hydrogens is 226 g/mol. The van der Waals surface area contributed by atoms with Gasteiger partial charge in [0.25, 0.3) is 0 Å². The lowest BCUT2D eigenvalue weighted by atomic mass is 10.1. The van der Waals surface area contributed by atoms with Crippen LogP contribution in [-0.2, 0) is 11.2 Å². The van der Waals surface area contributed by atoms with Crippen LogP contribution in [0, 0.1) is 0 Å². The number of fused-ring (bicyclic) bond motifs is 1. The van der Waals surface area contributed by atoms with E-state index in [-0.39, 0.29) is 0 Å². The number of aromatic nitrogens is 1. The SMILES string of the molecule is CN1CCO[C@H]2CN(CCc3ccncc3)C[C@H]21. The molecule has 2 aliphatic heterocycles. The summed E-state index contributed by atoms with van der Waals surface area (Å²) in [7, 11) is 2.21. The van der Waals surface area contributed by atoms with E-state index in [1.54, 1.807) is 0 Å². The quantitative estimate of drug-likeness (QED) is 0.784. The molecule has 2 atom stereocenters. The number of hydrogen-bond acceptors (Lipinski definition) is 4.